The third-order valence-electron chi connectivity index (χ3n) is 4.31. The Kier molecular flexibility index (Phi) is 4.13. The van der Waals surface area contributed by atoms with Gasteiger partial charge in [0.1, 0.15) is 5.75 Å². The van der Waals surface area contributed by atoms with Crippen molar-refractivity contribution in [2.24, 2.45) is 5.92 Å². The first-order valence-corrected chi connectivity index (χ1v) is 7.59. The number of aliphatic hydroxyl groups excluding tert-OH is 1. The Balaban J connectivity index is 1.86. The second-order valence-electron chi connectivity index (χ2n) is 5.54. The predicted octanol–water partition coefficient (Wildman–Crippen LogP) is 2.73. The number of ether oxygens (including phenoxy) is 2. The molecule has 4 heteroatoms. The van der Waals surface area contributed by atoms with Gasteiger partial charge < -0.3 is 19.9 Å². The van der Waals surface area contributed by atoms with E-state index in [4.69, 9.17) is 14.6 Å². The molecular formula is C16H23NO3. The molecule has 2 heterocycles. The van der Waals surface area contributed by atoms with Crippen molar-refractivity contribution in [2.75, 3.05) is 25.1 Å². The summed E-state index contributed by atoms with van der Waals surface area (Å²) >= 11 is 0. The molecule has 0 aromatic heterocycles. The largest absolute Gasteiger partial charge is 0.494 e. The Morgan fingerprint density at radius 3 is 3.15 bits per heavy atom. The minimum absolute atomic E-state index is 0.176. The molecule has 1 aromatic rings. The van der Waals surface area contributed by atoms with Crippen LogP contribution < -0.4 is 10.1 Å². The van der Waals surface area contributed by atoms with Crippen LogP contribution in [0.5, 0.6) is 5.75 Å². The fourth-order valence-electron chi connectivity index (χ4n) is 3.41. The maximum Gasteiger partial charge on any atom is 0.119 e. The van der Waals surface area contributed by atoms with Crippen molar-refractivity contribution in [1.29, 1.82) is 0 Å². The molecule has 3 atom stereocenters. The highest BCUT2D eigenvalue weighted by atomic mass is 16.5. The van der Waals surface area contributed by atoms with Gasteiger partial charge in [-0.2, -0.15) is 0 Å². The maximum atomic E-state index is 9.05. The molecular weight excluding hydrogens is 254 g/mol. The average molecular weight is 277 g/mol. The van der Waals surface area contributed by atoms with Gasteiger partial charge in [-0.25, -0.2) is 0 Å². The molecule has 0 radical (unpaired) electrons. The molecule has 0 saturated carbocycles. The van der Waals surface area contributed by atoms with Crippen LogP contribution in [-0.2, 0) is 4.74 Å². The van der Waals surface area contributed by atoms with E-state index in [1.807, 2.05) is 13.0 Å². The minimum atomic E-state index is 0.176. The topological polar surface area (TPSA) is 50.7 Å². The summed E-state index contributed by atoms with van der Waals surface area (Å²) in [6.07, 6.45) is 3.10. The normalized spacial score (nSPS) is 27.6. The number of hydrogen-bond donors (Lipinski definition) is 2. The molecule has 3 rings (SSSR count). The van der Waals surface area contributed by atoms with E-state index in [1.54, 1.807) is 0 Å². The molecule has 0 bridgehead atoms. The Labute approximate surface area is 120 Å². The van der Waals surface area contributed by atoms with E-state index in [9.17, 15) is 0 Å². The molecule has 2 aliphatic heterocycles. The van der Waals surface area contributed by atoms with Gasteiger partial charge in [-0.05, 0) is 44.4 Å². The lowest BCUT2D eigenvalue weighted by molar-refractivity contribution is 0.0811. The average Bonchev–Trinajstić information content (AvgIpc) is 2.95. The zero-order valence-corrected chi connectivity index (χ0v) is 12.0. The lowest BCUT2D eigenvalue weighted by Gasteiger charge is -2.36. The van der Waals surface area contributed by atoms with Gasteiger partial charge in [-0.3, -0.25) is 0 Å². The fraction of sp³-hybridized carbons (Fsp3) is 0.625. The van der Waals surface area contributed by atoms with Gasteiger partial charge in [0.15, 0.2) is 0 Å². The monoisotopic (exact) mass is 277 g/mol. The van der Waals surface area contributed by atoms with Crippen LogP contribution in [0, 0.1) is 5.92 Å². The molecule has 0 spiro atoms. The Morgan fingerprint density at radius 2 is 2.35 bits per heavy atom. The van der Waals surface area contributed by atoms with Crippen LogP contribution >= 0.6 is 0 Å². The highest BCUT2D eigenvalue weighted by Gasteiger charge is 2.40. The molecule has 0 unspecified atom stereocenters. The highest BCUT2D eigenvalue weighted by molar-refractivity contribution is 5.58. The van der Waals surface area contributed by atoms with Gasteiger partial charge in [0.2, 0.25) is 0 Å². The van der Waals surface area contributed by atoms with Crippen LogP contribution in [0.4, 0.5) is 5.69 Å². The van der Waals surface area contributed by atoms with E-state index >= 15 is 0 Å². The Bertz CT molecular complexity index is 463. The van der Waals surface area contributed by atoms with Crippen LogP contribution in [0.1, 0.15) is 37.9 Å². The molecule has 2 aliphatic rings. The van der Waals surface area contributed by atoms with Crippen molar-refractivity contribution in [3.05, 3.63) is 23.8 Å². The lowest BCUT2D eigenvalue weighted by atomic mass is 9.82. The molecule has 2 N–H and O–H groups in total. The summed E-state index contributed by atoms with van der Waals surface area (Å²) in [6.45, 7) is 3.76. The smallest absolute Gasteiger partial charge is 0.119 e. The molecule has 0 amide bonds. The van der Waals surface area contributed by atoms with Crippen molar-refractivity contribution in [3.8, 4) is 5.75 Å². The Morgan fingerprint density at radius 1 is 1.45 bits per heavy atom. The summed E-state index contributed by atoms with van der Waals surface area (Å²) in [5, 5.41) is 12.7. The number of anilines is 1. The van der Waals surface area contributed by atoms with Gasteiger partial charge in [-0.1, -0.05) is 0 Å². The van der Waals surface area contributed by atoms with E-state index in [2.05, 4.69) is 17.4 Å². The number of rotatable bonds is 5. The Hall–Kier alpha value is -1.26. The first-order valence-electron chi connectivity index (χ1n) is 7.59. The van der Waals surface area contributed by atoms with Crippen molar-refractivity contribution in [3.63, 3.8) is 0 Å². The molecule has 110 valence electrons. The summed E-state index contributed by atoms with van der Waals surface area (Å²) in [6, 6.07) is 6.61. The molecule has 1 fully saturated rings. The summed E-state index contributed by atoms with van der Waals surface area (Å²) in [5.74, 6) is 1.42. The first kappa shape index (κ1) is 13.7. The van der Waals surface area contributed by atoms with E-state index in [0.717, 1.165) is 37.3 Å². The fourth-order valence-corrected chi connectivity index (χ4v) is 3.41. The van der Waals surface area contributed by atoms with Crippen LogP contribution in [0.15, 0.2) is 18.2 Å². The number of aliphatic hydroxyl groups is 1. The third kappa shape index (κ3) is 2.50. The van der Waals surface area contributed by atoms with E-state index < -0.39 is 0 Å². The number of fused-ring (bicyclic) bond motifs is 3. The highest BCUT2D eigenvalue weighted by Crippen LogP contribution is 2.46. The molecule has 0 aliphatic carbocycles. The van der Waals surface area contributed by atoms with Gasteiger partial charge in [0, 0.05) is 36.4 Å². The van der Waals surface area contributed by atoms with Gasteiger partial charge in [0.05, 0.1) is 12.7 Å². The van der Waals surface area contributed by atoms with Crippen molar-refractivity contribution in [2.45, 2.75) is 38.3 Å². The zero-order chi connectivity index (χ0) is 13.9. The maximum absolute atomic E-state index is 9.05. The van der Waals surface area contributed by atoms with Crippen molar-refractivity contribution in [1.82, 2.24) is 0 Å². The third-order valence-corrected chi connectivity index (χ3v) is 4.31. The summed E-state index contributed by atoms with van der Waals surface area (Å²) < 4.78 is 11.6. The molecule has 20 heavy (non-hydrogen) atoms. The summed E-state index contributed by atoms with van der Waals surface area (Å²) in [5.41, 5.74) is 2.37. The number of benzene rings is 1. The lowest BCUT2D eigenvalue weighted by Crippen LogP contribution is -2.36. The van der Waals surface area contributed by atoms with E-state index in [-0.39, 0.29) is 12.7 Å². The van der Waals surface area contributed by atoms with Gasteiger partial charge in [0.25, 0.3) is 0 Å². The quantitative estimate of drug-likeness (QED) is 0.869. The first-order chi connectivity index (χ1) is 9.83. The molecule has 1 aromatic carbocycles. The minimum Gasteiger partial charge on any atom is -0.494 e. The molecule has 4 nitrogen and oxygen atoms in total. The van der Waals surface area contributed by atoms with E-state index in [1.165, 1.54) is 5.56 Å². The number of nitrogens with one attached hydrogen (secondary N) is 1. The van der Waals surface area contributed by atoms with Gasteiger partial charge >= 0.3 is 0 Å². The standard InChI is InChI=1S/C16H23NO3/c1-2-19-11-5-6-15-13(10-11)16-12(7-9-20-16)14(17-15)4-3-8-18/h5-6,10,12,14,16-18H,2-4,7-9H2,1H3/t12-,14+,16-/m0/s1. The van der Waals surface area contributed by atoms with Crippen LogP contribution in [0.2, 0.25) is 0 Å². The van der Waals surface area contributed by atoms with Crippen molar-refractivity contribution < 1.29 is 14.6 Å². The van der Waals surface area contributed by atoms with E-state index in [0.29, 0.717) is 18.6 Å². The number of hydrogen-bond acceptors (Lipinski definition) is 4. The second-order valence-corrected chi connectivity index (χ2v) is 5.54. The van der Waals surface area contributed by atoms with Crippen LogP contribution in [0.25, 0.3) is 0 Å². The predicted molar refractivity (Wildman–Crippen MR) is 78.1 cm³/mol. The van der Waals surface area contributed by atoms with Gasteiger partial charge in [-0.15, -0.1) is 0 Å². The summed E-state index contributed by atoms with van der Waals surface area (Å²) in [7, 11) is 0. The van der Waals surface area contributed by atoms with Crippen LogP contribution in [-0.4, -0.2) is 31.0 Å². The van der Waals surface area contributed by atoms with Crippen LogP contribution in [0.3, 0.4) is 0 Å². The zero-order valence-electron chi connectivity index (χ0n) is 12.0. The molecule has 1 saturated heterocycles. The summed E-state index contributed by atoms with van der Waals surface area (Å²) in [4.78, 5) is 0. The second kappa shape index (κ2) is 6.02. The van der Waals surface area contributed by atoms with Crippen molar-refractivity contribution >= 4 is 5.69 Å². The SMILES string of the molecule is CCOc1ccc2c(c1)[C@H]1OCC[C@H]1[C@@H](CCCO)N2.